The van der Waals surface area contributed by atoms with Crippen molar-refractivity contribution in [3.63, 3.8) is 0 Å². The fraction of sp³-hybridized carbons (Fsp3) is 0.273. The van der Waals surface area contributed by atoms with Crippen molar-refractivity contribution in [1.29, 1.82) is 0 Å². The van der Waals surface area contributed by atoms with Crippen LogP contribution in [0.3, 0.4) is 0 Å². The minimum Gasteiger partial charge on any atom is -0.455 e. The molecule has 1 aliphatic heterocycles. The molecule has 3 aromatic rings. The number of esters is 1. The second-order valence-corrected chi connectivity index (χ2v) is 8.00. The number of nitro groups is 1. The summed E-state index contributed by atoms with van der Waals surface area (Å²) in [5, 5.41) is 13.9. The summed E-state index contributed by atoms with van der Waals surface area (Å²) in [5.41, 5.74) is 3.43. The number of carbonyl (C=O) groups excluding carboxylic acids is 1. The highest BCUT2D eigenvalue weighted by Gasteiger charge is 2.23. The number of anilines is 1. The molecule has 0 aliphatic carbocycles. The predicted molar refractivity (Wildman–Crippen MR) is 118 cm³/mol. The van der Waals surface area contributed by atoms with E-state index in [9.17, 15) is 14.9 Å². The second kappa shape index (κ2) is 9.23. The first-order valence-electron chi connectivity index (χ1n) is 9.81. The Kier molecular flexibility index (Phi) is 6.24. The normalized spacial score (nSPS) is 13.8. The fourth-order valence-corrected chi connectivity index (χ4v) is 4.11. The lowest BCUT2D eigenvalue weighted by atomic mass is 10.1. The number of non-ortho nitro benzene ring substituents is 1. The van der Waals surface area contributed by atoms with Crippen LogP contribution in [-0.2, 0) is 16.1 Å². The molecule has 2 heterocycles. The number of hydrogen-bond donors (Lipinski definition) is 0. The molecule has 31 heavy (non-hydrogen) atoms. The third kappa shape index (κ3) is 4.89. The van der Waals surface area contributed by atoms with E-state index in [4.69, 9.17) is 9.47 Å². The largest absolute Gasteiger partial charge is 0.455 e. The van der Waals surface area contributed by atoms with Crippen molar-refractivity contribution >= 4 is 28.7 Å². The van der Waals surface area contributed by atoms with Crippen molar-refractivity contribution in [2.24, 2.45) is 0 Å². The molecular weight excluding hydrogens is 418 g/mol. The summed E-state index contributed by atoms with van der Waals surface area (Å²) in [6.07, 6.45) is 0. The number of rotatable bonds is 6. The molecule has 4 rings (SSSR count). The van der Waals surface area contributed by atoms with Gasteiger partial charge in [-0.3, -0.25) is 10.1 Å². The summed E-state index contributed by atoms with van der Waals surface area (Å²) >= 11 is 1.47. The van der Waals surface area contributed by atoms with Crippen LogP contribution in [-0.4, -0.2) is 42.2 Å². The molecule has 1 aromatic heterocycles. The Labute approximate surface area is 183 Å². The predicted octanol–water partition coefficient (Wildman–Crippen LogP) is 4.22. The van der Waals surface area contributed by atoms with Crippen LogP contribution in [0, 0.1) is 17.0 Å². The fourth-order valence-electron chi connectivity index (χ4n) is 3.30. The highest BCUT2D eigenvalue weighted by molar-refractivity contribution is 7.13. The van der Waals surface area contributed by atoms with Gasteiger partial charge in [0.2, 0.25) is 0 Å². The van der Waals surface area contributed by atoms with Gasteiger partial charge in [-0.15, -0.1) is 11.3 Å². The van der Waals surface area contributed by atoms with Crippen molar-refractivity contribution in [3.8, 4) is 10.6 Å². The number of nitrogens with zero attached hydrogens (tertiary/aromatic N) is 3. The van der Waals surface area contributed by atoms with Gasteiger partial charge in [-0.25, -0.2) is 9.78 Å². The van der Waals surface area contributed by atoms with E-state index in [1.54, 1.807) is 6.07 Å². The summed E-state index contributed by atoms with van der Waals surface area (Å²) in [7, 11) is 0. The Morgan fingerprint density at radius 3 is 2.68 bits per heavy atom. The third-order valence-electron chi connectivity index (χ3n) is 4.96. The van der Waals surface area contributed by atoms with Gasteiger partial charge >= 0.3 is 5.97 Å². The average molecular weight is 439 g/mol. The Morgan fingerprint density at radius 2 is 1.97 bits per heavy atom. The molecule has 1 aliphatic rings. The van der Waals surface area contributed by atoms with E-state index in [1.165, 1.54) is 29.0 Å². The summed E-state index contributed by atoms with van der Waals surface area (Å²) < 4.78 is 10.8. The van der Waals surface area contributed by atoms with Crippen molar-refractivity contribution in [2.45, 2.75) is 13.5 Å². The molecule has 160 valence electrons. The van der Waals surface area contributed by atoms with Crippen molar-refractivity contribution in [1.82, 2.24) is 4.98 Å². The molecule has 1 saturated heterocycles. The SMILES string of the molecule is Cc1ccc(-c2nc(COC(=O)c3cc([N+](=O)[O-])ccc3N3CCOCC3)cs2)cc1. The lowest BCUT2D eigenvalue weighted by Crippen LogP contribution is -2.37. The number of thiazole rings is 1. The maximum Gasteiger partial charge on any atom is 0.340 e. The third-order valence-corrected chi connectivity index (χ3v) is 5.90. The van der Waals surface area contributed by atoms with Crippen LogP contribution in [0.15, 0.2) is 47.8 Å². The molecule has 0 amide bonds. The summed E-state index contributed by atoms with van der Waals surface area (Å²) in [6.45, 7) is 4.29. The zero-order valence-electron chi connectivity index (χ0n) is 16.9. The highest BCUT2D eigenvalue weighted by Crippen LogP contribution is 2.28. The van der Waals surface area contributed by atoms with Crippen molar-refractivity contribution < 1.29 is 19.2 Å². The van der Waals surface area contributed by atoms with Gasteiger partial charge < -0.3 is 14.4 Å². The number of benzene rings is 2. The Bertz CT molecular complexity index is 1090. The molecule has 0 saturated carbocycles. The van der Waals surface area contributed by atoms with Crippen LogP contribution in [0.5, 0.6) is 0 Å². The standard InChI is InChI=1S/C22H21N3O5S/c1-15-2-4-16(5-3-15)21-23-17(14-31-21)13-30-22(26)19-12-18(25(27)28)6-7-20(19)24-8-10-29-11-9-24/h2-7,12,14H,8-11,13H2,1H3. The first kappa shape index (κ1) is 21.0. The van der Waals surface area contributed by atoms with Gasteiger partial charge in [-0.1, -0.05) is 29.8 Å². The minimum atomic E-state index is -0.616. The van der Waals surface area contributed by atoms with Gasteiger partial charge in [0.1, 0.15) is 11.6 Å². The number of hydrogen-bond acceptors (Lipinski definition) is 8. The minimum absolute atomic E-state index is 0.00750. The molecule has 0 atom stereocenters. The maximum absolute atomic E-state index is 12.8. The number of morpholine rings is 1. The van der Waals surface area contributed by atoms with Crippen molar-refractivity contribution in [2.75, 3.05) is 31.2 Å². The zero-order valence-corrected chi connectivity index (χ0v) is 17.8. The van der Waals surface area contributed by atoms with Crippen LogP contribution >= 0.6 is 11.3 Å². The molecule has 2 aromatic carbocycles. The van der Waals surface area contributed by atoms with Gasteiger partial charge in [0.15, 0.2) is 0 Å². The molecule has 0 spiro atoms. The first-order valence-corrected chi connectivity index (χ1v) is 10.7. The maximum atomic E-state index is 12.8. The zero-order chi connectivity index (χ0) is 21.8. The number of nitro benzene ring substituents is 1. The van der Waals surface area contributed by atoms with Gasteiger partial charge in [0, 0.05) is 36.2 Å². The molecule has 8 nitrogen and oxygen atoms in total. The van der Waals surface area contributed by atoms with E-state index >= 15 is 0 Å². The molecule has 9 heteroatoms. The monoisotopic (exact) mass is 439 g/mol. The number of aromatic nitrogens is 1. The topological polar surface area (TPSA) is 94.8 Å². The number of aryl methyl sites for hydroxylation is 1. The van der Waals surface area contributed by atoms with E-state index in [0.717, 1.165) is 10.6 Å². The lowest BCUT2D eigenvalue weighted by molar-refractivity contribution is -0.384. The van der Waals surface area contributed by atoms with Crippen LogP contribution in [0.1, 0.15) is 21.6 Å². The van der Waals surface area contributed by atoms with Gasteiger partial charge in [-0.2, -0.15) is 0 Å². The highest BCUT2D eigenvalue weighted by atomic mass is 32.1. The molecule has 1 fully saturated rings. The van der Waals surface area contributed by atoms with Crippen LogP contribution < -0.4 is 4.90 Å². The Morgan fingerprint density at radius 1 is 1.23 bits per heavy atom. The Hall–Kier alpha value is -3.30. The molecule has 0 radical (unpaired) electrons. The van der Waals surface area contributed by atoms with Crippen LogP contribution in [0.2, 0.25) is 0 Å². The van der Waals surface area contributed by atoms with E-state index in [1.807, 2.05) is 41.5 Å². The first-order chi connectivity index (χ1) is 15.0. The second-order valence-electron chi connectivity index (χ2n) is 7.14. The van der Waals surface area contributed by atoms with Gasteiger partial charge in [0.05, 0.1) is 35.1 Å². The molecular formula is C22H21N3O5S. The summed E-state index contributed by atoms with van der Waals surface area (Å²) in [6, 6.07) is 12.3. The van der Waals surface area contributed by atoms with Crippen LogP contribution in [0.25, 0.3) is 10.6 Å². The van der Waals surface area contributed by atoms with Crippen molar-refractivity contribution in [3.05, 3.63) is 74.8 Å². The van der Waals surface area contributed by atoms with E-state index in [0.29, 0.717) is 37.7 Å². The summed E-state index contributed by atoms with van der Waals surface area (Å²) in [4.78, 5) is 30.1. The number of carbonyl (C=O) groups is 1. The van der Waals surface area contributed by atoms with E-state index < -0.39 is 10.9 Å². The number of ether oxygens (including phenoxy) is 2. The van der Waals surface area contributed by atoms with Gasteiger partial charge in [-0.05, 0) is 13.0 Å². The lowest BCUT2D eigenvalue weighted by Gasteiger charge is -2.30. The molecule has 0 bridgehead atoms. The smallest absolute Gasteiger partial charge is 0.340 e. The van der Waals surface area contributed by atoms with E-state index in [2.05, 4.69) is 4.98 Å². The quantitative estimate of drug-likeness (QED) is 0.322. The summed E-state index contributed by atoms with van der Waals surface area (Å²) in [5.74, 6) is -0.616. The van der Waals surface area contributed by atoms with Gasteiger partial charge in [0.25, 0.3) is 5.69 Å². The molecule has 0 N–H and O–H groups in total. The van der Waals surface area contributed by atoms with E-state index in [-0.39, 0.29) is 17.9 Å². The van der Waals surface area contributed by atoms with Crippen LogP contribution in [0.4, 0.5) is 11.4 Å². The average Bonchev–Trinajstić information content (AvgIpc) is 3.27. The Balaban J connectivity index is 1.50. The molecule has 0 unspecified atom stereocenters.